The van der Waals surface area contributed by atoms with E-state index in [9.17, 15) is 0 Å². The molecule has 0 amide bonds. The second kappa shape index (κ2) is 9.92. The van der Waals surface area contributed by atoms with Crippen molar-refractivity contribution >= 4 is 35.0 Å². The Morgan fingerprint density at radius 2 is 1.78 bits per heavy atom. The number of rotatable bonds is 8. The highest BCUT2D eigenvalue weighted by Gasteiger charge is 2.09. The van der Waals surface area contributed by atoms with E-state index in [0.29, 0.717) is 6.61 Å². The third-order valence-corrected chi connectivity index (χ3v) is 6.44. The van der Waals surface area contributed by atoms with E-state index in [1.807, 2.05) is 12.3 Å². The van der Waals surface area contributed by atoms with Crippen molar-refractivity contribution in [3.63, 3.8) is 0 Å². The van der Waals surface area contributed by atoms with Crippen molar-refractivity contribution in [3.05, 3.63) is 107 Å². The third kappa shape index (κ3) is 4.97. The van der Waals surface area contributed by atoms with Crippen molar-refractivity contribution in [3.8, 4) is 5.75 Å². The standard InChI is InChI=1S/C28H26N2OS/c1-2-8-22(9-3-1)16-23-10-6-11-25(17-23)31-15-7-14-30-20-24(18-26-19-29-21-32-26)27-12-4-5-13-28(27)30/h1-6,8-13,17-20H,7,14-16,21H2/b26-18+. The van der Waals surface area contributed by atoms with Gasteiger partial charge in [0.25, 0.3) is 0 Å². The number of aromatic nitrogens is 1. The molecular weight excluding hydrogens is 412 g/mol. The maximum Gasteiger partial charge on any atom is 0.119 e. The molecule has 0 radical (unpaired) electrons. The lowest BCUT2D eigenvalue weighted by molar-refractivity contribution is 0.302. The van der Waals surface area contributed by atoms with Gasteiger partial charge in [-0.05, 0) is 48.2 Å². The molecule has 0 aliphatic carbocycles. The van der Waals surface area contributed by atoms with Gasteiger partial charge in [-0.2, -0.15) is 0 Å². The number of ether oxygens (including phenoxy) is 1. The van der Waals surface area contributed by atoms with E-state index in [-0.39, 0.29) is 0 Å². The lowest BCUT2D eigenvalue weighted by Gasteiger charge is -2.09. The lowest BCUT2D eigenvalue weighted by atomic mass is 10.1. The molecule has 4 aromatic rings. The molecule has 0 spiro atoms. The van der Waals surface area contributed by atoms with Crippen LogP contribution in [0.25, 0.3) is 17.0 Å². The molecule has 3 nitrogen and oxygen atoms in total. The topological polar surface area (TPSA) is 26.5 Å². The summed E-state index contributed by atoms with van der Waals surface area (Å²) < 4.78 is 8.43. The zero-order valence-electron chi connectivity index (χ0n) is 18.0. The molecule has 3 aromatic carbocycles. The minimum absolute atomic E-state index is 0.695. The van der Waals surface area contributed by atoms with Crippen LogP contribution < -0.4 is 4.74 Å². The molecule has 0 fully saturated rings. The van der Waals surface area contributed by atoms with Crippen LogP contribution in [0.15, 0.2) is 95.0 Å². The van der Waals surface area contributed by atoms with Gasteiger partial charge in [0.1, 0.15) is 5.75 Å². The Morgan fingerprint density at radius 3 is 2.66 bits per heavy atom. The zero-order valence-corrected chi connectivity index (χ0v) is 18.8. The summed E-state index contributed by atoms with van der Waals surface area (Å²) in [6.45, 7) is 1.62. The Balaban J connectivity index is 1.21. The quantitative estimate of drug-likeness (QED) is 0.282. The summed E-state index contributed by atoms with van der Waals surface area (Å²) in [4.78, 5) is 5.54. The Bertz CT molecular complexity index is 1260. The van der Waals surface area contributed by atoms with Crippen LogP contribution in [0.3, 0.4) is 0 Å². The van der Waals surface area contributed by atoms with Crippen molar-refractivity contribution in [1.82, 2.24) is 4.57 Å². The minimum Gasteiger partial charge on any atom is -0.494 e. The van der Waals surface area contributed by atoms with E-state index in [1.54, 1.807) is 11.8 Å². The molecule has 0 bridgehead atoms. The van der Waals surface area contributed by atoms with E-state index in [1.165, 1.54) is 32.5 Å². The molecule has 2 heterocycles. The Labute approximate surface area is 193 Å². The Kier molecular flexibility index (Phi) is 6.40. The fraction of sp³-hybridized carbons (Fsp3) is 0.179. The van der Waals surface area contributed by atoms with Gasteiger partial charge < -0.3 is 9.30 Å². The van der Waals surface area contributed by atoms with Crippen LogP contribution in [0.4, 0.5) is 0 Å². The molecule has 1 aromatic heterocycles. The van der Waals surface area contributed by atoms with Gasteiger partial charge in [-0.25, -0.2) is 0 Å². The number of para-hydroxylation sites is 1. The van der Waals surface area contributed by atoms with Crippen molar-refractivity contribution in [2.45, 2.75) is 19.4 Å². The molecule has 4 heteroatoms. The van der Waals surface area contributed by atoms with Crippen molar-refractivity contribution in [2.24, 2.45) is 4.99 Å². The SMILES string of the molecule is C1=NCS/C1=C/c1cn(CCCOc2cccc(Cc3ccccc3)c2)c2ccccc12. The van der Waals surface area contributed by atoms with Gasteiger partial charge in [-0.1, -0.05) is 60.7 Å². The predicted octanol–water partition coefficient (Wildman–Crippen LogP) is 6.82. The Hall–Kier alpha value is -3.24. The zero-order chi connectivity index (χ0) is 21.6. The van der Waals surface area contributed by atoms with Gasteiger partial charge in [-0.15, -0.1) is 11.8 Å². The first kappa shape index (κ1) is 20.7. The number of thioether (sulfide) groups is 1. The number of hydrogen-bond acceptors (Lipinski definition) is 3. The summed E-state index contributed by atoms with van der Waals surface area (Å²) in [5.41, 5.74) is 5.11. The highest BCUT2D eigenvalue weighted by molar-refractivity contribution is 8.04. The summed E-state index contributed by atoms with van der Waals surface area (Å²) in [6.07, 6.45) is 8.35. The van der Waals surface area contributed by atoms with Crippen LogP contribution >= 0.6 is 11.8 Å². The van der Waals surface area contributed by atoms with Crippen molar-refractivity contribution in [2.75, 3.05) is 12.5 Å². The molecule has 0 saturated carbocycles. The number of nitrogens with zero attached hydrogens (tertiary/aromatic N) is 2. The van der Waals surface area contributed by atoms with E-state index in [0.717, 1.165) is 31.0 Å². The van der Waals surface area contributed by atoms with Gasteiger partial charge in [-0.3, -0.25) is 4.99 Å². The van der Waals surface area contributed by atoms with E-state index >= 15 is 0 Å². The molecule has 160 valence electrons. The van der Waals surface area contributed by atoms with Gasteiger partial charge >= 0.3 is 0 Å². The number of aliphatic imine (C=N–C) groups is 1. The number of hydrogen-bond donors (Lipinski definition) is 0. The third-order valence-electron chi connectivity index (χ3n) is 5.60. The number of benzene rings is 3. The minimum atomic E-state index is 0.695. The van der Waals surface area contributed by atoms with Gasteiger partial charge in [0.2, 0.25) is 0 Å². The lowest BCUT2D eigenvalue weighted by Crippen LogP contribution is -2.04. The molecule has 0 unspecified atom stereocenters. The predicted molar refractivity (Wildman–Crippen MR) is 137 cm³/mol. The average Bonchev–Trinajstić information content (AvgIpc) is 3.46. The van der Waals surface area contributed by atoms with Crippen LogP contribution in [-0.2, 0) is 13.0 Å². The highest BCUT2D eigenvalue weighted by atomic mass is 32.2. The first-order valence-corrected chi connectivity index (χ1v) is 12.0. The van der Waals surface area contributed by atoms with Gasteiger partial charge in [0, 0.05) is 40.3 Å². The molecule has 0 atom stereocenters. The molecular formula is C28H26N2OS. The number of allylic oxidation sites excluding steroid dienone is 1. The van der Waals surface area contributed by atoms with Crippen LogP contribution in [0, 0.1) is 0 Å². The fourth-order valence-corrected chi connectivity index (χ4v) is 4.74. The summed E-state index contributed by atoms with van der Waals surface area (Å²) >= 11 is 1.79. The van der Waals surface area contributed by atoms with E-state index in [2.05, 4.69) is 94.6 Å². The summed E-state index contributed by atoms with van der Waals surface area (Å²) in [6, 6.07) is 27.6. The molecule has 1 aliphatic rings. The van der Waals surface area contributed by atoms with Crippen LogP contribution in [0.5, 0.6) is 5.75 Å². The summed E-state index contributed by atoms with van der Waals surface area (Å²) in [7, 11) is 0. The second-order valence-corrected chi connectivity index (χ2v) is 8.96. The molecule has 1 aliphatic heterocycles. The molecule has 32 heavy (non-hydrogen) atoms. The molecule has 5 rings (SSSR count). The monoisotopic (exact) mass is 438 g/mol. The fourth-order valence-electron chi connectivity index (χ4n) is 4.09. The van der Waals surface area contributed by atoms with E-state index < -0.39 is 0 Å². The second-order valence-electron chi connectivity index (χ2n) is 7.94. The van der Waals surface area contributed by atoms with Crippen molar-refractivity contribution < 1.29 is 4.74 Å². The normalized spacial score (nSPS) is 14.4. The first-order chi connectivity index (χ1) is 15.8. The summed E-state index contributed by atoms with van der Waals surface area (Å²) in [5.74, 6) is 1.77. The van der Waals surface area contributed by atoms with Crippen LogP contribution in [0.2, 0.25) is 0 Å². The van der Waals surface area contributed by atoms with E-state index in [4.69, 9.17) is 4.74 Å². The van der Waals surface area contributed by atoms with Gasteiger partial charge in [0.05, 0.1) is 12.5 Å². The van der Waals surface area contributed by atoms with Crippen LogP contribution in [0.1, 0.15) is 23.1 Å². The average molecular weight is 439 g/mol. The number of aryl methyl sites for hydroxylation is 1. The Morgan fingerprint density at radius 1 is 0.938 bits per heavy atom. The smallest absolute Gasteiger partial charge is 0.119 e. The largest absolute Gasteiger partial charge is 0.494 e. The highest BCUT2D eigenvalue weighted by Crippen LogP contribution is 2.28. The maximum absolute atomic E-state index is 6.09. The van der Waals surface area contributed by atoms with Crippen LogP contribution in [-0.4, -0.2) is 23.3 Å². The maximum atomic E-state index is 6.09. The molecule has 0 N–H and O–H groups in total. The summed E-state index contributed by atoms with van der Waals surface area (Å²) in [5, 5.41) is 1.29. The first-order valence-electron chi connectivity index (χ1n) is 11.0. The van der Waals surface area contributed by atoms with Crippen molar-refractivity contribution in [1.29, 1.82) is 0 Å². The molecule has 0 saturated heterocycles. The number of fused-ring (bicyclic) bond motifs is 1. The van der Waals surface area contributed by atoms with Gasteiger partial charge in [0.15, 0.2) is 0 Å².